The Morgan fingerprint density at radius 2 is 1.68 bits per heavy atom. The van der Waals surface area contributed by atoms with Crippen LogP contribution in [-0.4, -0.2) is 36.1 Å². The van der Waals surface area contributed by atoms with Gasteiger partial charge in [0.2, 0.25) is 0 Å². The molecule has 4 nitrogen and oxygen atoms in total. The third kappa shape index (κ3) is 5.05. The highest BCUT2D eigenvalue weighted by atomic mass is 35.5. The number of amides is 1. The molecule has 0 radical (unpaired) electrons. The van der Waals surface area contributed by atoms with Crippen LogP contribution in [-0.2, 0) is 11.3 Å². The average Bonchev–Trinajstić information content (AvgIpc) is 2.56. The van der Waals surface area contributed by atoms with Crippen LogP contribution in [0.4, 0.5) is 5.69 Å². The predicted octanol–water partition coefficient (Wildman–Crippen LogP) is 4.20. The first-order valence-corrected chi connectivity index (χ1v) is 8.91. The van der Waals surface area contributed by atoms with Crippen molar-refractivity contribution in [2.24, 2.45) is 0 Å². The maximum atomic E-state index is 12.2. The molecule has 2 aromatic carbocycles. The van der Waals surface area contributed by atoms with Crippen molar-refractivity contribution in [2.45, 2.75) is 32.6 Å². The summed E-state index contributed by atoms with van der Waals surface area (Å²) in [4.78, 5) is 14.6. The lowest BCUT2D eigenvalue weighted by Crippen LogP contribution is -2.44. The topological polar surface area (TPSA) is 41.6 Å². The summed E-state index contributed by atoms with van der Waals surface area (Å²) in [5.74, 6) is -0.139. The molecule has 1 aliphatic heterocycles. The van der Waals surface area contributed by atoms with Crippen molar-refractivity contribution in [3.63, 3.8) is 0 Å². The van der Waals surface area contributed by atoms with E-state index in [9.17, 15) is 4.79 Å². The van der Waals surface area contributed by atoms with Gasteiger partial charge >= 0.3 is 0 Å². The number of halogens is 1. The SMILES string of the molecule is C[C@H]1CN(Cc2ccc(NC(=O)c3ccc(Cl)cc3)cc2)C[C@H](C)O1. The molecule has 2 aromatic rings. The van der Waals surface area contributed by atoms with Crippen LogP contribution < -0.4 is 5.32 Å². The summed E-state index contributed by atoms with van der Waals surface area (Å²) < 4.78 is 5.77. The number of morpholine rings is 1. The summed E-state index contributed by atoms with van der Waals surface area (Å²) in [5.41, 5.74) is 2.60. The van der Waals surface area contributed by atoms with Gasteiger partial charge in [-0.15, -0.1) is 0 Å². The average molecular weight is 359 g/mol. The largest absolute Gasteiger partial charge is 0.373 e. The number of nitrogens with zero attached hydrogens (tertiary/aromatic N) is 1. The van der Waals surface area contributed by atoms with Gasteiger partial charge in [-0.1, -0.05) is 23.7 Å². The Labute approximate surface area is 153 Å². The van der Waals surface area contributed by atoms with E-state index in [0.29, 0.717) is 10.6 Å². The molecule has 0 spiro atoms. The first-order valence-electron chi connectivity index (χ1n) is 8.53. The number of nitrogens with one attached hydrogen (secondary N) is 1. The Morgan fingerprint density at radius 3 is 2.28 bits per heavy atom. The number of hydrogen-bond acceptors (Lipinski definition) is 3. The molecule has 1 N–H and O–H groups in total. The normalized spacial score (nSPS) is 21.1. The molecule has 132 valence electrons. The summed E-state index contributed by atoms with van der Waals surface area (Å²) in [5, 5.41) is 3.53. The number of anilines is 1. The molecule has 1 aliphatic rings. The van der Waals surface area contributed by atoms with E-state index < -0.39 is 0 Å². The van der Waals surface area contributed by atoms with Gasteiger partial charge in [0.05, 0.1) is 12.2 Å². The maximum absolute atomic E-state index is 12.2. The number of hydrogen-bond donors (Lipinski definition) is 1. The third-order valence-corrected chi connectivity index (χ3v) is 4.47. The summed E-state index contributed by atoms with van der Waals surface area (Å²) in [6.07, 6.45) is 0.531. The Kier molecular flexibility index (Phi) is 5.74. The van der Waals surface area contributed by atoms with Crippen LogP contribution in [0.3, 0.4) is 0 Å². The Hall–Kier alpha value is -1.88. The van der Waals surface area contributed by atoms with Crippen LogP contribution in [0.1, 0.15) is 29.8 Å². The molecule has 1 amide bonds. The van der Waals surface area contributed by atoms with Gasteiger partial charge in [-0.05, 0) is 55.8 Å². The molecule has 0 saturated carbocycles. The van der Waals surface area contributed by atoms with E-state index in [4.69, 9.17) is 16.3 Å². The first-order chi connectivity index (χ1) is 12.0. The number of benzene rings is 2. The fourth-order valence-electron chi connectivity index (χ4n) is 3.17. The highest BCUT2D eigenvalue weighted by molar-refractivity contribution is 6.30. The van der Waals surface area contributed by atoms with Gasteiger partial charge in [-0.3, -0.25) is 9.69 Å². The molecule has 25 heavy (non-hydrogen) atoms. The van der Waals surface area contributed by atoms with E-state index in [1.54, 1.807) is 24.3 Å². The zero-order valence-electron chi connectivity index (χ0n) is 14.5. The van der Waals surface area contributed by atoms with Crippen LogP contribution in [0, 0.1) is 0 Å². The van der Waals surface area contributed by atoms with Gasteiger partial charge in [0.15, 0.2) is 0 Å². The van der Waals surface area contributed by atoms with Gasteiger partial charge in [0.1, 0.15) is 0 Å². The maximum Gasteiger partial charge on any atom is 0.255 e. The second kappa shape index (κ2) is 8.00. The van der Waals surface area contributed by atoms with E-state index in [1.807, 2.05) is 12.1 Å². The number of ether oxygens (including phenoxy) is 1. The van der Waals surface area contributed by atoms with Crippen LogP contribution in [0.25, 0.3) is 0 Å². The van der Waals surface area contributed by atoms with Gasteiger partial charge in [-0.25, -0.2) is 0 Å². The van der Waals surface area contributed by atoms with E-state index in [-0.39, 0.29) is 18.1 Å². The molecule has 0 aliphatic carbocycles. The minimum Gasteiger partial charge on any atom is -0.373 e. The fraction of sp³-hybridized carbons (Fsp3) is 0.350. The number of carbonyl (C=O) groups is 1. The van der Waals surface area contributed by atoms with Crippen LogP contribution >= 0.6 is 11.6 Å². The summed E-state index contributed by atoms with van der Waals surface area (Å²) in [7, 11) is 0. The van der Waals surface area contributed by atoms with Crippen molar-refractivity contribution in [3.05, 3.63) is 64.7 Å². The van der Waals surface area contributed by atoms with E-state index in [0.717, 1.165) is 25.3 Å². The van der Waals surface area contributed by atoms with Gasteiger partial charge < -0.3 is 10.1 Å². The molecule has 1 saturated heterocycles. The molecule has 1 heterocycles. The fourth-order valence-corrected chi connectivity index (χ4v) is 3.30. The van der Waals surface area contributed by atoms with E-state index >= 15 is 0 Å². The Morgan fingerprint density at radius 1 is 1.08 bits per heavy atom. The van der Waals surface area contributed by atoms with Crippen molar-refractivity contribution >= 4 is 23.2 Å². The number of carbonyl (C=O) groups excluding carboxylic acids is 1. The summed E-state index contributed by atoms with van der Waals surface area (Å²) in [6, 6.07) is 14.9. The standard InChI is InChI=1S/C20H23ClN2O2/c1-14-11-23(12-15(2)25-14)13-16-3-9-19(10-4-16)22-20(24)17-5-7-18(21)8-6-17/h3-10,14-15H,11-13H2,1-2H3,(H,22,24)/t14-,15-/m0/s1. The monoisotopic (exact) mass is 358 g/mol. The van der Waals surface area contributed by atoms with E-state index in [2.05, 4.69) is 36.2 Å². The molecule has 0 unspecified atom stereocenters. The molecular formula is C20H23ClN2O2. The van der Waals surface area contributed by atoms with Gasteiger partial charge in [0, 0.05) is 35.9 Å². The zero-order chi connectivity index (χ0) is 17.8. The molecule has 3 rings (SSSR count). The molecule has 0 aromatic heterocycles. The van der Waals surface area contributed by atoms with Crippen molar-refractivity contribution in [1.29, 1.82) is 0 Å². The molecule has 1 fully saturated rings. The zero-order valence-corrected chi connectivity index (χ0v) is 15.3. The summed E-state index contributed by atoms with van der Waals surface area (Å²) >= 11 is 5.85. The second-order valence-corrected chi connectivity index (χ2v) is 7.05. The Bertz CT molecular complexity index is 705. The lowest BCUT2D eigenvalue weighted by Gasteiger charge is -2.35. The quantitative estimate of drug-likeness (QED) is 0.890. The van der Waals surface area contributed by atoms with Crippen molar-refractivity contribution < 1.29 is 9.53 Å². The molecule has 2 atom stereocenters. The minimum atomic E-state index is -0.139. The highest BCUT2D eigenvalue weighted by Gasteiger charge is 2.21. The molecule has 0 bridgehead atoms. The third-order valence-electron chi connectivity index (χ3n) is 4.22. The van der Waals surface area contributed by atoms with Crippen LogP contribution in [0.2, 0.25) is 5.02 Å². The van der Waals surface area contributed by atoms with Gasteiger partial charge in [0.25, 0.3) is 5.91 Å². The van der Waals surface area contributed by atoms with E-state index in [1.165, 1.54) is 5.56 Å². The second-order valence-electron chi connectivity index (χ2n) is 6.61. The lowest BCUT2D eigenvalue weighted by molar-refractivity contribution is -0.0704. The lowest BCUT2D eigenvalue weighted by atomic mass is 10.1. The number of rotatable bonds is 4. The smallest absolute Gasteiger partial charge is 0.255 e. The minimum absolute atomic E-state index is 0.139. The van der Waals surface area contributed by atoms with Crippen molar-refractivity contribution in [2.75, 3.05) is 18.4 Å². The van der Waals surface area contributed by atoms with Crippen LogP contribution in [0.15, 0.2) is 48.5 Å². The molecule has 5 heteroatoms. The highest BCUT2D eigenvalue weighted by Crippen LogP contribution is 2.17. The van der Waals surface area contributed by atoms with Crippen molar-refractivity contribution in [1.82, 2.24) is 4.90 Å². The summed E-state index contributed by atoms with van der Waals surface area (Å²) in [6.45, 7) is 7.00. The first kappa shape index (κ1) is 17.9. The van der Waals surface area contributed by atoms with Crippen LogP contribution in [0.5, 0.6) is 0 Å². The molecular weight excluding hydrogens is 336 g/mol. The van der Waals surface area contributed by atoms with Gasteiger partial charge in [-0.2, -0.15) is 0 Å². The Balaban J connectivity index is 1.58. The predicted molar refractivity (Wildman–Crippen MR) is 101 cm³/mol. The van der Waals surface area contributed by atoms with Crippen molar-refractivity contribution in [3.8, 4) is 0 Å².